The Morgan fingerprint density at radius 2 is 2.00 bits per heavy atom. The number of ether oxygens (including phenoxy) is 1. The minimum absolute atomic E-state index is 0.114. The Labute approximate surface area is 131 Å². The lowest BCUT2D eigenvalue weighted by molar-refractivity contribution is 0.0702. The number of carboxylic acids is 1. The maximum atomic E-state index is 12.7. The van der Waals surface area contributed by atoms with E-state index >= 15 is 0 Å². The highest BCUT2D eigenvalue weighted by molar-refractivity contribution is 7.16. The first kappa shape index (κ1) is 14.6. The molecular formula is C16H15NO4S. The van der Waals surface area contributed by atoms with Gasteiger partial charge >= 0.3 is 5.97 Å². The highest BCUT2D eigenvalue weighted by Gasteiger charge is 2.29. The lowest BCUT2D eigenvalue weighted by atomic mass is 10.1. The minimum atomic E-state index is -1.02. The lowest BCUT2D eigenvalue weighted by Crippen LogP contribution is -2.42. The number of amides is 1. The molecule has 3 rings (SSSR count). The summed E-state index contributed by atoms with van der Waals surface area (Å²) in [5.74, 6) is -0.532. The van der Waals surface area contributed by atoms with E-state index in [0.717, 1.165) is 22.6 Å². The van der Waals surface area contributed by atoms with Gasteiger partial charge in [-0.3, -0.25) is 4.79 Å². The Morgan fingerprint density at radius 1 is 1.27 bits per heavy atom. The first-order valence-corrected chi connectivity index (χ1v) is 7.69. The number of aryl methyl sites for hydroxylation is 1. The molecule has 0 bridgehead atoms. The molecule has 0 fully saturated rings. The molecule has 0 aliphatic carbocycles. The van der Waals surface area contributed by atoms with Crippen LogP contribution in [0.2, 0.25) is 0 Å². The van der Waals surface area contributed by atoms with Crippen molar-refractivity contribution in [2.75, 3.05) is 11.4 Å². The van der Waals surface area contributed by atoms with E-state index in [1.807, 2.05) is 32.0 Å². The normalized spacial score (nSPS) is 16.8. The van der Waals surface area contributed by atoms with Gasteiger partial charge in [0.1, 0.15) is 16.7 Å². The molecule has 2 heterocycles. The summed E-state index contributed by atoms with van der Waals surface area (Å²) >= 11 is 0.990. The van der Waals surface area contributed by atoms with Crippen molar-refractivity contribution in [1.29, 1.82) is 0 Å². The van der Waals surface area contributed by atoms with Crippen molar-refractivity contribution in [3.05, 3.63) is 45.6 Å². The molecule has 0 radical (unpaired) electrons. The lowest BCUT2D eigenvalue weighted by Gasteiger charge is -2.33. The van der Waals surface area contributed by atoms with E-state index in [1.165, 1.54) is 6.07 Å². The van der Waals surface area contributed by atoms with Crippen molar-refractivity contribution in [3.63, 3.8) is 0 Å². The number of aromatic carboxylic acids is 1. The predicted molar refractivity (Wildman–Crippen MR) is 84.2 cm³/mol. The summed E-state index contributed by atoms with van der Waals surface area (Å²) in [7, 11) is 0. The van der Waals surface area contributed by atoms with Crippen LogP contribution in [0.3, 0.4) is 0 Å². The largest absolute Gasteiger partial charge is 0.487 e. The van der Waals surface area contributed by atoms with Gasteiger partial charge in [-0.2, -0.15) is 0 Å². The number of hydrogen-bond donors (Lipinski definition) is 1. The zero-order chi connectivity index (χ0) is 15.9. The van der Waals surface area contributed by atoms with E-state index in [9.17, 15) is 9.59 Å². The fraction of sp³-hybridized carbons (Fsp3) is 0.250. The molecule has 1 aromatic heterocycles. The zero-order valence-electron chi connectivity index (χ0n) is 12.2. The van der Waals surface area contributed by atoms with Crippen LogP contribution in [-0.4, -0.2) is 29.6 Å². The summed E-state index contributed by atoms with van der Waals surface area (Å²) in [5.41, 5.74) is 1.78. The topological polar surface area (TPSA) is 66.8 Å². The first-order chi connectivity index (χ1) is 10.5. The van der Waals surface area contributed by atoms with Crippen molar-refractivity contribution in [3.8, 4) is 5.75 Å². The van der Waals surface area contributed by atoms with E-state index in [0.29, 0.717) is 17.2 Å². The molecule has 0 saturated heterocycles. The number of rotatable bonds is 2. The summed E-state index contributed by atoms with van der Waals surface area (Å²) in [4.78, 5) is 25.9. The van der Waals surface area contributed by atoms with Gasteiger partial charge in [0, 0.05) is 0 Å². The van der Waals surface area contributed by atoms with Crippen LogP contribution in [0, 0.1) is 6.92 Å². The number of nitrogens with zero attached hydrogens (tertiary/aromatic N) is 1. The Morgan fingerprint density at radius 3 is 2.68 bits per heavy atom. The Kier molecular flexibility index (Phi) is 3.62. The average Bonchev–Trinajstić information content (AvgIpc) is 2.95. The summed E-state index contributed by atoms with van der Waals surface area (Å²) in [6, 6.07) is 8.71. The van der Waals surface area contributed by atoms with Gasteiger partial charge in [0.05, 0.1) is 17.1 Å². The van der Waals surface area contributed by atoms with Gasteiger partial charge in [-0.1, -0.05) is 6.07 Å². The van der Waals surface area contributed by atoms with Crippen LogP contribution in [0.15, 0.2) is 30.3 Å². The number of carbonyl (C=O) groups excluding carboxylic acids is 1. The zero-order valence-corrected chi connectivity index (χ0v) is 13.0. The van der Waals surface area contributed by atoms with Crippen LogP contribution in [0.4, 0.5) is 5.69 Å². The molecule has 1 amide bonds. The second-order valence-corrected chi connectivity index (χ2v) is 6.37. The molecule has 1 aromatic carbocycles. The number of benzene rings is 1. The molecule has 1 unspecified atom stereocenters. The van der Waals surface area contributed by atoms with Crippen LogP contribution in [-0.2, 0) is 0 Å². The molecule has 0 spiro atoms. The van der Waals surface area contributed by atoms with Gasteiger partial charge in [0.25, 0.3) is 5.91 Å². The van der Waals surface area contributed by atoms with Crippen molar-refractivity contribution in [2.45, 2.75) is 20.0 Å². The summed E-state index contributed by atoms with van der Waals surface area (Å²) in [6.07, 6.45) is -0.114. The van der Waals surface area contributed by atoms with Gasteiger partial charge < -0.3 is 14.7 Å². The van der Waals surface area contributed by atoms with E-state index in [4.69, 9.17) is 9.84 Å². The molecule has 22 heavy (non-hydrogen) atoms. The smallest absolute Gasteiger partial charge is 0.345 e. The molecule has 1 aliphatic rings. The van der Waals surface area contributed by atoms with Crippen LogP contribution < -0.4 is 9.64 Å². The SMILES string of the molecule is Cc1ccc2c(c1)OC(C)CN2C(=O)c1ccc(C(=O)O)s1. The molecule has 5 nitrogen and oxygen atoms in total. The fourth-order valence-corrected chi connectivity index (χ4v) is 3.24. The minimum Gasteiger partial charge on any atom is -0.487 e. The van der Waals surface area contributed by atoms with Gasteiger partial charge in [0.15, 0.2) is 0 Å². The molecule has 114 valence electrons. The molecule has 1 aliphatic heterocycles. The predicted octanol–water partition coefficient (Wildman–Crippen LogP) is 3.18. The van der Waals surface area contributed by atoms with E-state index in [1.54, 1.807) is 11.0 Å². The van der Waals surface area contributed by atoms with E-state index < -0.39 is 5.97 Å². The Bertz CT molecular complexity index is 752. The average molecular weight is 317 g/mol. The van der Waals surface area contributed by atoms with Crippen LogP contribution in [0.5, 0.6) is 5.75 Å². The van der Waals surface area contributed by atoms with Crippen molar-refractivity contribution < 1.29 is 19.4 Å². The van der Waals surface area contributed by atoms with E-state index in [2.05, 4.69) is 0 Å². The Hall–Kier alpha value is -2.34. The van der Waals surface area contributed by atoms with Crippen molar-refractivity contribution in [1.82, 2.24) is 0 Å². The fourth-order valence-electron chi connectivity index (χ4n) is 2.44. The number of anilines is 1. The monoisotopic (exact) mass is 317 g/mol. The van der Waals surface area contributed by atoms with Gasteiger partial charge in [0.2, 0.25) is 0 Å². The molecule has 2 aromatic rings. The molecule has 1 N–H and O–H groups in total. The highest BCUT2D eigenvalue weighted by Crippen LogP contribution is 2.35. The molecular weight excluding hydrogens is 302 g/mol. The van der Waals surface area contributed by atoms with Crippen molar-refractivity contribution >= 4 is 28.9 Å². The van der Waals surface area contributed by atoms with Gasteiger partial charge in [-0.05, 0) is 43.7 Å². The van der Waals surface area contributed by atoms with Gasteiger partial charge in [-0.25, -0.2) is 4.79 Å². The second kappa shape index (κ2) is 5.46. The number of carbonyl (C=O) groups is 2. The highest BCUT2D eigenvalue weighted by atomic mass is 32.1. The Balaban J connectivity index is 1.97. The van der Waals surface area contributed by atoms with E-state index in [-0.39, 0.29) is 16.9 Å². The van der Waals surface area contributed by atoms with Crippen LogP contribution >= 0.6 is 11.3 Å². The van der Waals surface area contributed by atoms with Gasteiger partial charge in [-0.15, -0.1) is 11.3 Å². The standard InChI is InChI=1S/C16H15NO4S/c1-9-3-4-11-12(7-9)21-10(2)8-17(11)15(18)13-5-6-14(22-13)16(19)20/h3-7,10H,8H2,1-2H3,(H,19,20). The number of hydrogen-bond acceptors (Lipinski definition) is 4. The third-order valence-corrected chi connectivity index (χ3v) is 4.51. The van der Waals surface area contributed by atoms with Crippen molar-refractivity contribution in [2.24, 2.45) is 0 Å². The third kappa shape index (κ3) is 2.57. The summed E-state index contributed by atoms with van der Waals surface area (Å²) in [6.45, 7) is 4.31. The third-order valence-electron chi connectivity index (χ3n) is 3.45. The second-order valence-electron chi connectivity index (χ2n) is 5.28. The molecule has 1 atom stereocenters. The quantitative estimate of drug-likeness (QED) is 0.924. The number of thiophene rings is 1. The summed E-state index contributed by atoms with van der Waals surface area (Å²) in [5, 5.41) is 8.99. The molecule has 6 heteroatoms. The maximum Gasteiger partial charge on any atom is 0.345 e. The summed E-state index contributed by atoms with van der Waals surface area (Å²) < 4.78 is 5.79. The van der Waals surface area contributed by atoms with Crippen LogP contribution in [0.1, 0.15) is 31.8 Å². The first-order valence-electron chi connectivity index (χ1n) is 6.88. The number of carboxylic acid groups (broad SMARTS) is 1. The maximum absolute atomic E-state index is 12.7. The van der Waals surface area contributed by atoms with Crippen LogP contribution in [0.25, 0.3) is 0 Å². The molecule has 0 saturated carbocycles. The number of fused-ring (bicyclic) bond motifs is 1.